The maximum Gasteiger partial charge on any atom is 0.242 e. The molecule has 25 heavy (non-hydrogen) atoms. The number of hydrogen-bond donors (Lipinski definition) is 1. The van der Waals surface area contributed by atoms with Crippen molar-refractivity contribution in [3.63, 3.8) is 0 Å². The van der Waals surface area contributed by atoms with Crippen molar-refractivity contribution in [2.45, 2.75) is 6.29 Å². The minimum atomic E-state index is -0.117. The van der Waals surface area contributed by atoms with Crippen molar-refractivity contribution in [1.29, 1.82) is 0 Å². The molecule has 0 bridgehead atoms. The van der Waals surface area contributed by atoms with Gasteiger partial charge in [0.2, 0.25) is 5.91 Å². The van der Waals surface area contributed by atoms with Crippen LogP contribution in [0.4, 0.5) is 5.82 Å². The first kappa shape index (κ1) is 16.2. The molecule has 0 spiro atoms. The summed E-state index contributed by atoms with van der Waals surface area (Å²) >= 11 is 0. The summed E-state index contributed by atoms with van der Waals surface area (Å²) in [5.41, 5.74) is 0.752. The Bertz CT molecular complexity index is 721. The molecule has 9 heteroatoms. The lowest BCUT2D eigenvalue weighted by Gasteiger charge is -2.35. The van der Waals surface area contributed by atoms with E-state index in [0.29, 0.717) is 13.2 Å². The van der Waals surface area contributed by atoms with Crippen molar-refractivity contribution in [2.24, 2.45) is 0 Å². The van der Waals surface area contributed by atoms with Gasteiger partial charge >= 0.3 is 0 Å². The van der Waals surface area contributed by atoms with Crippen LogP contribution in [0, 0.1) is 0 Å². The van der Waals surface area contributed by atoms with Crippen LogP contribution >= 0.6 is 0 Å². The summed E-state index contributed by atoms with van der Waals surface area (Å²) in [6.07, 6.45) is 6.79. The summed E-state index contributed by atoms with van der Waals surface area (Å²) in [6, 6.07) is 0. The minimum absolute atomic E-state index is 0.0945. The molecule has 0 atom stereocenters. The van der Waals surface area contributed by atoms with Gasteiger partial charge in [0.15, 0.2) is 11.9 Å². The zero-order chi connectivity index (χ0) is 17.1. The van der Waals surface area contributed by atoms with Gasteiger partial charge < -0.3 is 19.7 Å². The molecule has 2 aliphatic rings. The summed E-state index contributed by atoms with van der Waals surface area (Å²) in [6.45, 7) is 5.52. The predicted octanol–water partition coefficient (Wildman–Crippen LogP) is -0.342. The van der Waals surface area contributed by atoms with Gasteiger partial charge in [-0.15, -0.1) is 0 Å². The van der Waals surface area contributed by atoms with Crippen molar-refractivity contribution in [2.75, 3.05) is 57.8 Å². The molecule has 2 fully saturated rings. The molecule has 2 aromatic rings. The third-order valence-corrected chi connectivity index (χ3v) is 4.56. The highest BCUT2D eigenvalue weighted by atomic mass is 16.7. The van der Waals surface area contributed by atoms with Crippen molar-refractivity contribution < 1.29 is 14.3 Å². The number of aromatic nitrogens is 3. The Labute approximate surface area is 145 Å². The van der Waals surface area contributed by atoms with Crippen molar-refractivity contribution in [3.8, 4) is 0 Å². The van der Waals surface area contributed by atoms with E-state index in [1.807, 2.05) is 15.5 Å². The highest BCUT2D eigenvalue weighted by Crippen LogP contribution is 2.11. The van der Waals surface area contributed by atoms with Gasteiger partial charge in [0.05, 0.1) is 32.2 Å². The minimum Gasteiger partial charge on any atom is -0.361 e. The first-order chi connectivity index (χ1) is 12.3. The van der Waals surface area contributed by atoms with Gasteiger partial charge in [0.25, 0.3) is 0 Å². The average molecular weight is 346 g/mol. The normalized spacial score (nSPS) is 19.6. The van der Waals surface area contributed by atoms with E-state index in [9.17, 15) is 4.79 Å². The van der Waals surface area contributed by atoms with Gasteiger partial charge in [-0.3, -0.25) is 19.1 Å². The molecule has 4 heterocycles. The number of carbonyl (C=O) groups excluding carboxylic acids is 1. The standard InChI is InChI=1S/C16H22N6O3/c23-15(11-19-14-10-18-13-9-17-1-2-22(13)14)21-5-3-20(4-6-21)12-16-24-7-8-25-16/h1-2,9-10,16,19H,3-8,11-12H2. The molecule has 9 nitrogen and oxygen atoms in total. The van der Waals surface area contributed by atoms with E-state index in [0.717, 1.165) is 44.2 Å². The number of imidazole rings is 1. The topological polar surface area (TPSA) is 84.2 Å². The second-order valence-electron chi connectivity index (χ2n) is 6.15. The number of anilines is 1. The Morgan fingerprint density at radius 1 is 1.20 bits per heavy atom. The molecule has 0 saturated carbocycles. The molecule has 0 unspecified atom stereocenters. The number of carbonyl (C=O) groups is 1. The van der Waals surface area contributed by atoms with Gasteiger partial charge in [0.1, 0.15) is 5.82 Å². The molecule has 4 rings (SSSR count). The fraction of sp³-hybridized carbons (Fsp3) is 0.562. The monoisotopic (exact) mass is 346 g/mol. The van der Waals surface area contributed by atoms with Gasteiger partial charge in [0, 0.05) is 45.1 Å². The van der Waals surface area contributed by atoms with Crippen LogP contribution in [0.1, 0.15) is 0 Å². The fourth-order valence-corrected chi connectivity index (χ4v) is 3.15. The molecule has 2 aromatic heterocycles. The third kappa shape index (κ3) is 3.73. The molecule has 0 radical (unpaired) electrons. The molecule has 0 aliphatic carbocycles. The van der Waals surface area contributed by atoms with Crippen LogP contribution in [0.15, 0.2) is 24.8 Å². The molecule has 134 valence electrons. The lowest BCUT2D eigenvalue weighted by molar-refractivity contribution is -0.131. The van der Waals surface area contributed by atoms with Gasteiger partial charge in [-0.2, -0.15) is 0 Å². The lowest BCUT2D eigenvalue weighted by Crippen LogP contribution is -2.51. The second kappa shape index (κ2) is 7.34. The molecular weight excluding hydrogens is 324 g/mol. The number of amides is 1. The number of fused-ring (bicyclic) bond motifs is 1. The van der Waals surface area contributed by atoms with E-state index >= 15 is 0 Å². The Kier molecular flexibility index (Phi) is 4.77. The number of nitrogens with zero attached hydrogens (tertiary/aromatic N) is 5. The quantitative estimate of drug-likeness (QED) is 0.793. The largest absolute Gasteiger partial charge is 0.361 e. The first-order valence-corrected chi connectivity index (χ1v) is 8.54. The summed E-state index contributed by atoms with van der Waals surface area (Å²) in [5, 5.41) is 3.16. The van der Waals surface area contributed by atoms with Crippen molar-refractivity contribution >= 4 is 17.4 Å². The zero-order valence-corrected chi connectivity index (χ0v) is 14.0. The summed E-state index contributed by atoms with van der Waals surface area (Å²) in [5.74, 6) is 0.886. The van der Waals surface area contributed by atoms with Crippen molar-refractivity contribution in [1.82, 2.24) is 24.2 Å². The smallest absolute Gasteiger partial charge is 0.242 e. The number of hydrogen-bond acceptors (Lipinski definition) is 7. The van der Waals surface area contributed by atoms with Crippen LogP contribution in [0.25, 0.3) is 5.65 Å². The third-order valence-electron chi connectivity index (χ3n) is 4.56. The molecule has 2 aliphatic heterocycles. The van der Waals surface area contributed by atoms with Crippen LogP contribution in [-0.2, 0) is 14.3 Å². The molecule has 0 aromatic carbocycles. The Morgan fingerprint density at radius 2 is 2.00 bits per heavy atom. The fourth-order valence-electron chi connectivity index (χ4n) is 3.15. The highest BCUT2D eigenvalue weighted by molar-refractivity contribution is 5.80. The van der Waals surface area contributed by atoms with E-state index in [2.05, 4.69) is 20.2 Å². The molecule has 1 amide bonds. The van der Waals surface area contributed by atoms with E-state index in [4.69, 9.17) is 9.47 Å². The van der Waals surface area contributed by atoms with Gasteiger partial charge in [-0.25, -0.2) is 4.98 Å². The van der Waals surface area contributed by atoms with Crippen LogP contribution in [0.3, 0.4) is 0 Å². The van der Waals surface area contributed by atoms with Gasteiger partial charge in [-0.05, 0) is 0 Å². The first-order valence-electron chi connectivity index (χ1n) is 8.54. The van der Waals surface area contributed by atoms with Gasteiger partial charge in [-0.1, -0.05) is 0 Å². The van der Waals surface area contributed by atoms with Crippen LogP contribution in [-0.4, -0.2) is 88.8 Å². The number of ether oxygens (including phenoxy) is 2. The zero-order valence-electron chi connectivity index (χ0n) is 14.0. The summed E-state index contributed by atoms with van der Waals surface area (Å²) < 4.78 is 12.8. The Balaban J connectivity index is 1.25. The Hall–Kier alpha value is -2.23. The second-order valence-corrected chi connectivity index (χ2v) is 6.15. The SMILES string of the molecule is O=C(CNc1cnc2cnccn12)N1CCN(CC2OCCO2)CC1. The maximum atomic E-state index is 12.4. The van der Waals surface area contributed by atoms with E-state index in [-0.39, 0.29) is 18.7 Å². The average Bonchev–Trinajstić information content (AvgIpc) is 3.30. The molecule has 1 N–H and O–H groups in total. The van der Waals surface area contributed by atoms with E-state index in [1.54, 1.807) is 18.6 Å². The number of piperazine rings is 1. The van der Waals surface area contributed by atoms with E-state index in [1.165, 1.54) is 0 Å². The Morgan fingerprint density at radius 3 is 2.80 bits per heavy atom. The number of rotatable bonds is 5. The number of nitrogens with one attached hydrogen (secondary N) is 1. The predicted molar refractivity (Wildman–Crippen MR) is 90.2 cm³/mol. The van der Waals surface area contributed by atoms with Crippen LogP contribution in [0.2, 0.25) is 0 Å². The maximum absolute atomic E-state index is 12.4. The van der Waals surface area contributed by atoms with Crippen molar-refractivity contribution in [3.05, 3.63) is 24.8 Å². The molecular formula is C16H22N6O3. The molecule has 2 saturated heterocycles. The highest BCUT2D eigenvalue weighted by Gasteiger charge is 2.25. The van der Waals surface area contributed by atoms with Crippen LogP contribution in [0.5, 0.6) is 0 Å². The lowest BCUT2D eigenvalue weighted by atomic mass is 10.3. The van der Waals surface area contributed by atoms with Crippen LogP contribution < -0.4 is 5.32 Å². The summed E-state index contributed by atoms with van der Waals surface area (Å²) in [7, 11) is 0. The van der Waals surface area contributed by atoms with E-state index < -0.39 is 0 Å². The summed E-state index contributed by atoms with van der Waals surface area (Å²) in [4.78, 5) is 24.9.